The molecule has 1 atom stereocenters. The Labute approximate surface area is 114 Å². The Balaban J connectivity index is 2.09. The number of halogens is 3. The van der Waals surface area contributed by atoms with Crippen molar-refractivity contribution in [3.63, 3.8) is 0 Å². The molecule has 0 amide bonds. The molecule has 2 aromatic heterocycles. The van der Waals surface area contributed by atoms with E-state index in [9.17, 15) is 13.2 Å². The maximum atomic E-state index is 12.4. The number of aliphatic hydroxyl groups excluding tert-OH is 1. The molecule has 1 unspecified atom stereocenters. The second-order valence-corrected chi connectivity index (χ2v) is 4.94. The number of hydrogen-bond donors (Lipinski definition) is 1. The lowest BCUT2D eigenvalue weighted by Gasteiger charge is -2.12. The molecular weight excluding hydrogens is 271 g/mol. The maximum absolute atomic E-state index is 12.4. The Morgan fingerprint density at radius 3 is 2.50 bits per heavy atom. The highest BCUT2D eigenvalue weighted by Crippen LogP contribution is 2.32. The van der Waals surface area contributed by atoms with Gasteiger partial charge in [-0.25, -0.2) is 0 Å². The molecular formula is C13H16F3N3O. The number of nitrogens with zero attached hydrogens (tertiary/aromatic N) is 3. The number of aromatic nitrogens is 3. The summed E-state index contributed by atoms with van der Waals surface area (Å²) >= 11 is 0. The second-order valence-electron chi connectivity index (χ2n) is 4.94. The van der Waals surface area contributed by atoms with Crippen molar-refractivity contribution >= 4 is 0 Å². The van der Waals surface area contributed by atoms with Crippen LogP contribution in [0, 0.1) is 0 Å². The molecule has 2 aromatic rings. The summed E-state index contributed by atoms with van der Waals surface area (Å²) in [5.41, 5.74) is 0.586. The van der Waals surface area contributed by atoms with Crippen molar-refractivity contribution in [1.29, 1.82) is 0 Å². The molecule has 0 bridgehead atoms. The zero-order chi connectivity index (χ0) is 14.9. The first kappa shape index (κ1) is 14.6. The predicted molar refractivity (Wildman–Crippen MR) is 67.2 cm³/mol. The molecule has 7 heteroatoms. The van der Waals surface area contributed by atoms with E-state index >= 15 is 0 Å². The Morgan fingerprint density at radius 2 is 1.95 bits per heavy atom. The Bertz CT molecular complexity index is 571. The minimum atomic E-state index is -4.65. The van der Waals surface area contributed by atoms with Gasteiger partial charge in [0.05, 0.1) is 12.2 Å². The van der Waals surface area contributed by atoms with E-state index in [-0.39, 0.29) is 11.6 Å². The van der Waals surface area contributed by atoms with Gasteiger partial charge in [-0.15, -0.1) is 0 Å². The van der Waals surface area contributed by atoms with Crippen LogP contribution in [0.2, 0.25) is 0 Å². The summed E-state index contributed by atoms with van der Waals surface area (Å²) in [6.45, 7) is 4.35. The largest absolute Gasteiger partial charge is 0.418 e. The van der Waals surface area contributed by atoms with Gasteiger partial charge in [0.1, 0.15) is 0 Å². The van der Waals surface area contributed by atoms with Gasteiger partial charge in [0.2, 0.25) is 0 Å². The lowest BCUT2D eigenvalue weighted by Crippen LogP contribution is -2.19. The summed E-state index contributed by atoms with van der Waals surface area (Å²) in [4.78, 5) is 0. The minimum absolute atomic E-state index is 0.166. The summed E-state index contributed by atoms with van der Waals surface area (Å²) in [7, 11) is 0. The van der Waals surface area contributed by atoms with Crippen LogP contribution in [0.3, 0.4) is 0 Å². The molecule has 0 aliphatic heterocycles. The van der Waals surface area contributed by atoms with Crippen LogP contribution in [0.25, 0.3) is 0 Å². The highest BCUT2D eigenvalue weighted by atomic mass is 19.4. The summed E-state index contributed by atoms with van der Waals surface area (Å²) in [5.74, 6) is 0. The predicted octanol–water partition coefficient (Wildman–Crippen LogP) is 2.91. The second kappa shape index (κ2) is 5.32. The fourth-order valence-corrected chi connectivity index (χ4v) is 1.84. The van der Waals surface area contributed by atoms with Crippen LogP contribution in [0.4, 0.5) is 13.2 Å². The molecule has 0 fully saturated rings. The van der Waals surface area contributed by atoms with E-state index in [4.69, 9.17) is 5.11 Å². The average molecular weight is 287 g/mol. The van der Waals surface area contributed by atoms with Crippen molar-refractivity contribution in [2.24, 2.45) is 0 Å². The fourth-order valence-electron chi connectivity index (χ4n) is 1.84. The number of hydrogen-bond acceptors (Lipinski definition) is 2. The Morgan fingerprint density at radius 1 is 1.25 bits per heavy atom. The summed E-state index contributed by atoms with van der Waals surface area (Å²) in [6.07, 6.45) is -2.48. The number of rotatable bonds is 4. The van der Waals surface area contributed by atoms with E-state index in [1.165, 1.54) is 18.5 Å². The number of alkyl halides is 3. The van der Waals surface area contributed by atoms with Gasteiger partial charge < -0.3 is 9.67 Å². The zero-order valence-electron chi connectivity index (χ0n) is 11.2. The van der Waals surface area contributed by atoms with Gasteiger partial charge in [-0.3, -0.25) is 4.68 Å². The van der Waals surface area contributed by atoms with Gasteiger partial charge in [0.15, 0.2) is 6.10 Å². The molecule has 0 spiro atoms. The van der Waals surface area contributed by atoms with Gasteiger partial charge in [-0.1, -0.05) is 0 Å². The van der Waals surface area contributed by atoms with Crippen LogP contribution >= 0.6 is 0 Å². The van der Waals surface area contributed by atoms with E-state index in [1.807, 2.05) is 26.1 Å². The zero-order valence-corrected chi connectivity index (χ0v) is 11.2. The summed E-state index contributed by atoms with van der Waals surface area (Å²) < 4.78 is 40.5. The van der Waals surface area contributed by atoms with Gasteiger partial charge in [-0.05, 0) is 26.0 Å². The molecule has 0 saturated heterocycles. The van der Waals surface area contributed by atoms with E-state index < -0.39 is 12.3 Å². The maximum Gasteiger partial charge on any atom is 0.418 e. The summed E-state index contributed by atoms with van der Waals surface area (Å²) in [5, 5.41) is 13.5. The molecule has 0 aliphatic rings. The van der Waals surface area contributed by atoms with Gasteiger partial charge >= 0.3 is 6.18 Å². The molecule has 0 radical (unpaired) electrons. The van der Waals surface area contributed by atoms with Gasteiger partial charge in [-0.2, -0.15) is 18.3 Å². The summed E-state index contributed by atoms with van der Waals surface area (Å²) in [6, 6.07) is 3.31. The van der Waals surface area contributed by atoms with Crippen molar-refractivity contribution in [1.82, 2.24) is 14.3 Å². The molecule has 1 N–H and O–H groups in total. The lowest BCUT2D eigenvalue weighted by atomic mass is 10.2. The first-order valence-electron chi connectivity index (χ1n) is 6.22. The smallest absolute Gasteiger partial charge is 0.379 e. The van der Waals surface area contributed by atoms with Crippen molar-refractivity contribution in [3.8, 4) is 0 Å². The fraction of sp³-hybridized carbons (Fsp3) is 0.462. The van der Waals surface area contributed by atoms with Crippen molar-refractivity contribution < 1.29 is 18.3 Å². The molecule has 4 nitrogen and oxygen atoms in total. The molecule has 20 heavy (non-hydrogen) atoms. The van der Waals surface area contributed by atoms with Crippen LogP contribution in [0.5, 0.6) is 0 Å². The standard InChI is InChI=1S/C13H16F3N3O/c1-9(2)19-6-4-11(17-19)8-18-5-3-10(7-18)12(20)13(14,15)16/h3-7,9,12,20H,8H2,1-2H3. The van der Waals surface area contributed by atoms with Gasteiger partial charge in [0, 0.05) is 30.2 Å². The Kier molecular flexibility index (Phi) is 3.89. The molecule has 0 aliphatic carbocycles. The van der Waals surface area contributed by atoms with Crippen LogP contribution < -0.4 is 0 Å². The molecule has 110 valence electrons. The van der Waals surface area contributed by atoms with Gasteiger partial charge in [0.25, 0.3) is 0 Å². The number of aliphatic hydroxyl groups is 1. The van der Waals surface area contributed by atoms with E-state index in [1.54, 1.807) is 9.25 Å². The third kappa shape index (κ3) is 3.22. The third-order valence-corrected chi connectivity index (χ3v) is 2.94. The normalized spacial score (nSPS) is 13.9. The monoisotopic (exact) mass is 287 g/mol. The highest BCUT2D eigenvalue weighted by molar-refractivity contribution is 5.16. The highest BCUT2D eigenvalue weighted by Gasteiger charge is 2.39. The van der Waals surface area contributed by atoms with E-state index in [0.717, 1.165) is 5.69 Å². The molecule has 0 aromatic carbocycles. The third-order valence-electron chi connectivity index (χ3n) is 2.94. The van der Waals surface area contributed by atoms with Crippen molar-refractivity contribution in [3.05, 3.63) is 42.0 Å². The van der Waals surface area contributed by atoms with E-state index in [0.29, 0.717) is 6.54 Å². The van der Waals surface area contributed by atoms with Crippen molar-refractivity contribution in [2.75, 3.05) is 0 Å². The van der Waals surface area contributed by atoms with Crippen LogP contribution in [-0.4, -0.2) is 25.6 Å². The molecule has 2 rings (SSSR count). The first-order chi connectivity index (χ1) is 9.27. The van der Waals surface area contributed by atoms with Crippen molar-refractivity contribution in [2.45, 2.75) is 38.7 Å². The van der Waals surface area contributed by atoms with Crippen LogP contribution in [-0.2, 0) is 6.54 Å². The first-order valence-corrected chi connectivity index (χ1v) is 6.22. The minimum Gasteiger partial charge on any atom is -0.379 e. The van der Waals surface area contributed by atoms with E-state index in [2.05, 4.69) is 5.10 Å². The topological polar surface area (TPSA) is 43.0 Å². The SMILES string of the molecule is CC(C)n1ccc(Cn2ccc(C(O)C(F)(F)F)c2)n1. The average Bonchev–Trinajstić information content (AvgIpc) is 2.96. The molecule has 0 saturated carbocycles. The van der Waals surface area contributed by atoms with Crippen LogP contribution in [0.15, 0.2) is 30.7 Å². The quantitative estimate of drug-likeness (QED) is 0.939. The van der Waals surface area contributed by atoms with Crippen LogP contribution in [0.1, 0.15) is 37.3 Å². The Hall–Kier alpha value is -1.76. The lowest BCUT2D eigenvalue weighted by molar-refractivity contribution is -0.206. The molecule has 2 heterocycles.